The Bertz CT molecular complexity index is 6420. The van der Waals surface area contributed by atoms with E-state index in [0.29, 0.717) is 11.3 Å². The Morgan fingerprint density at radius 3 is 0.899 bits per heavy atom. The molecule has 119 heavy (non-hydrogen) atoms. The number of nitriles is 1. The second-order valence-corrected chi connectivity index (χ2v) is 38.0. The lowest BCUT2D eigenvalue weighted by Gasteiger charge is -2.46. The van der Waals surface area contributed by atoms with E-state index in [0.717, 1.165) is 134 Å². The predicted octanol–water partition coefficient (Wildman–Crippen LogP) is 28.9. The summed E-state index contributed by atoms with van der Waals surface area (Å²) in [7, 11) is 0. The van der Waals surface area contributed by atoms with Crippen molar-refractivity contribution in [1.82, 2.24) is 9.13 Å². The molecule has 6 nitrogen and oxygen atoms in total. The second kappa shape index (κ2) is 28.2. The van der Waals surface area contributed by atoms with Crippen molar-refractivity contribution >= 4 is 107 Å². The van der Waals surface area contributed by atoms with Crippen LogP contribution in [-0.4, -0.2) is 15.8 Å². The van der Waals surface area contributed by atoms with Gasteiger partial charge in [0.1, 0.15) is 0 Å². The molecule has 17 aromatic rings. The van der Waals surface area contributed by atoms with E-state index >= 15 is 0 Å². The molecule has 7 heteroatoms. The molecule has 0 fully saturated rings. The Kier molecular flexibility index (Phi) is 17.9. The minimum Gasteiger partial charge on any atom is -0.310 e. The topological polar surface area (TPSA) is 44.5 Å². The van der Waals surface area contributed by atoms with Gasteiger partial charge in [-0.1, -0.05) is 322 Å². The second-order valence-electron chi connectivity index (χ2n) is 38.0. The van der Waals surface area contributed by atoms with Gasteiger partial charge in [-0.25, -0.2) is 4.85 Å². The zero-order valence-electron chi connectivity index (χ0n) is 70.8. The summed E-state index contributed by atoms with van der Waals surface area (Å²) in [6, 6.07) is 122. The minimum absolute atomic E-state index is 0.201. The number of anilines is 6. The zero-order valence-corrected chi connectivity index (χ0v) is 70.8. The lowest BCUT2D eigenvalue weighted by Crippen LogP contribution is -2.61. The molecule has 0 atom stereocenters. The van der Waals surface area contributed by atoms with E-state index in [1.807, 2.05) is 24.3 Å². The van der Waals surface area contributed by atoms with Crippen LogP contribution in [0.4, 0.5) is 39.8 Å². The molecule has 0 N–H and O–H groups in total. The fourth-order valence-electron chi connectivity index (χ4n) is 18.6. The molecule has 2 aliphatic rings. The van der Waals surface area contributed by atoms with Crippen LogP contribution in [0.5, 0.6) is 0 Å². The van der Waals surface area contributed by atoms with Gasteiger partial charge in [-0.3, -0.25) is 0 Å². The van der Waals surface area contributed by atoms with E-state index in [2.05, 4.69) is 425 Å². The van der Waals surface area contributed by atoms with Crippen LogP contribution >= 0.6 is 0 Å². The maximum atomic E-state index is 10.4. The zero-order chi connectivity index (χ0) is 82.5. The summed E-state index contributed by atoms with van der Waals surface area (Å²) in [5.74, 6) is 0. The highest BCUT2D eigenvalue weighted by Crippen LogP contribution is 2.57. The van der Waals surface area contributed by atoms with E-state index in [9.17, 15) is 5.26 Å². The SMILES string of the molecule is [C-]#[N+]c1ccc(-c2cc(-c3cccc(C(C)(C)C)c3)c(N3c4cc(-n5c6ccccc6c6ccccc65)ccc4B4c5ccc(-n6c7ccccc7c7ccccc76)cc5N(c5c(-c6cccc(C(C)(C)C)c6)cc(-c6ccc(C#N)cc6)cc5-c5cccc(C(C)(C)C)c5)c5cc(C(C)(C)C)cc3c54)c(-c3cccc(C(C)(C)C)c3)c2)cc1. The third-order valence-electron chi connectivity index (χ3n) is 25.1. The van der Waals surface area contributed by atoms with Gasteiger partial charge in [-0.05, 0) is 213 Å². The first-order valence-corrected chi connectivity index (χ1v) is 41.9. The van der Waals surface area contributed by atoms with Crippen molar-refractivity contribution in [3.8, 4) is 84.2 Å². The van der Waals surface area contributed by atoms with Gasteiger partial charge in [0.05, 0.1) is 51.6 Å². The number of hydrogen-bond donors (Lipinski definition) is 0. The van der Waals surface area contributed by atoms with Gasteiger partial charge in [-0.2, -0.15) is 5.26 Å². The maximum absolute atomic E-state index is 10.4. The average Bonchev–Trinajstić information content (AvgIpc) is 0.830. The first-order valence-electron chi connectivity index (χ1n) is 41.9. The number of nitrogens with zero attached hydrogens (tertiary/aromatic N) is 6. The largest absolute Gasteiger partial charge is 0.310 e. The van der Waals surface area contributed by atoms with E-state index in [1.165, 1.54) is 65.8 Å². The number of fused-ring (bicyclic) bond motifs is 10. The van der Waals surface area contributed by atoms with Crippen molar-refractivity contribution < 1.29 is 0 Å². The molecule has 15 aromatic carbocycles. The first kappa shape index (κ1) is 75.6. The van der Waals surface area contributed by atoms with Crippen LogP contribution in [0.15, 0.2) is 315 Å². The Hall–Kier alpha value is -13.5. The number of aromatic nitrogens is 2. The maximum Gasteiger partial charge on any atom is 0.252 e. The number of rotatable bonds is 10. The molecule has 2 aliphatic heterocycles. The van der Waals surface area contributed by atoms with Gasteiger partial charge in [0, 0.05) is 77.9 Å². The van der Waals surface area contributed by atoms with Gasteiger partial charge in [0.2, 0.25) is 0 Å². The van der Waals surface area contributed by atoms with Gasteiger partial charge in [0.25, 0.3) is 6.71 Å². The Morgan fingerprint density at radius 2 is 0.597 bits per heavy atom. The molecule has 0 amide bonds. The van der Waals surface area contributed by atoms with Gasteiger partial charge in [0.15, 0.2) is 5.69 Å². The first-order chi connectivity index (χ1) is 57.1. The molecule has 4 heterocycles. The summed E-state index contributed by atoms with van der Waals surface area (Å²) in [5.41, 5.74) is 35.5. The molecule has 0 spiro atoms. The quantitative estimate of drug-likeness (QED) is 0.101. The summed E-state index contributed by atoms with van der Waals surface area (Å²) < 4.78 is 4.99. The molecule has 0 saturated heterocycles. The Balaban J connectivity index is 1.03. The van der Waals surface area contributed by atoms with Gasteiger partial charge in [-0.15, -0.1) is 0 Å². The molecule has 0 saturated carbocycles. The number of para-hydroxylation sites is 4. The van der Waals surface area contributed by atoms with Crippen molar-refractivity contribution in [2.75, 3.05) is 9.80 Å². The fourth-order valence-corrected chi connectivity index (χ4v) is 18.6. The van der Waals surface area contributed by atoms with Crippen LogP contribution < -0.4 is 26.2 Å². The standard InChI is InChI=1S/C112H97BN6/c1-108(2,3)79-33-25-29-73(57-79)91-61-77(71-47-45-70(69-114)46-48-71)62-92(74-30-26-34-80(58-74)109(4,5)6)106(91)118-101-67-85(116-97-41-21-17-37-87(97)88-38-18-22-42-98(88)116)53-55-95(101)113-96-56-54-86(117-99-43-23-19-39-89(99)90-40-20-24-44-100(90)117)68-102(96)119(104-66-83(112(13,14)15)65-103(118)105(104)113)107-93(75-31-27-35-81(59-75)110(7,8)9)63-78(72-49-51-84(115-16)52-50-72)64-94(107)76-32-28-36-82(60-76)111(10,11)12/h17-68H,1-15H3. The van der Waals surface area contributed by atoms with Crippen LogP contribution in [0.2, 0.25) is 0 Å². The van der Waals surface area contributed by atoms with Crippen molar-refractivity contribution in [1.29, 1.82) is 5.26 Å². The molecule has 0 bridgehead atoms. The highest BCUT2D eigenvalue weighted by atomic mass is 15.2. The average molecular weight is 1540 g/mol. The molecule has 0 radical (unpaired) electrons. The highest BCUT2D eigenvalue weighted by molar-refractivity contribution is 7.00. The minimum atomic E-state index is -0.434. The molecular weight excluding hydrogens is 1440 g/mol. The lowest BCUT2D eigenvalue weighted by molar-refractivity contribution is 0.590. The molecule has 19 rings (SSSR count). The van der Waals surface area contributed by atoms with Crippen LogP contribution in [-0.2, 0) is 27.1 Å². The number of hydrogen-bond acceptors (Lipinski definition) is 3. The van der Waals surface area contributed by atoms with E-state index in [4.69, 9.17) is 6.57 Å². The molecule has 0 aliphatic carbocycles. The van der Waals surface area contributed by atoms with Crippen LogP contribution in [0, 0.1) is 17.9 Å². The number of benzene rings is 15. The summed E-state index contributed by atoms with van der Waals surface area (Å²) in [6.07, 6.45) is 0. The molecule has 578 valence electrons. The Labute approximate surface area is 701 Å². The monoisotopic (exact) mass is 1540 g/mol. The van der Waals surface area contributed by atoms with Crippen LogP contribution in [0.3, 0.4) is 0 Å². The van der Waals surface area contributed by atoms with E-state index in [1.54, 1.807) is 0 Å². The molecule has 0 unspecified atom stereocenters. The van der Waals surface area contributed by atoms with Gasteiger partial charge >= 0.3 is 0 Å². The smallest absolute Gasteiger partial charge is 0.252 e. The summed E-state index contributed by atoms with van der Waals surface area (Å²) >= 11 is 0. The van der Waals surface area contributed by atoms with Crippen molar-refractivity contribution in [2.45, 2.75) is 131 Å². The van der Waals surface area contributed by atoms with Gasteiger partial charge < -0.3 is 18.9 Å². The third-order valence-corrected chi connectivity index (χ3v) is 25.1. The van der Waals surface area contributed by atoms with Crippen molar-refractivity contribution in [3.63, 3.8) is 0 Å². The third kappa shape index (κ3) is 13.0. The highest BCUT2D eigenvalue weighted by Gasteiger charge is 2.47. The summed E-state index contributed by atoms with van der Waals surface area (Å²) in [4.78, 5) is 9.37. The van der Waals surface area contributed by atoms with Crippen LogP contribution in [0.1, 0.15) is 137 Å². The van der Waals surface area contributed by atoms with Crippen LogP contribution in [0.25, 0.3) is 127 Å². The normalized spacial score (nSPS) is 12.9. The van der Waals surface area contributed by atoms with Crippen molar-refractivity contribution in [2.24, 2.45) is 0 Å². The Morgan fingerprint density at radius 1 is 0.286 bits per heavy atom. The fraction of sp³-hybridized carbons (Fsp3) is 0.179. The van der Waals surface area contributed by atoms with E-state index < -0.39 is 5.41 Å². The van der Waals surface area contributed by atoms with Crippen molar-refractivity contribution in [3.05, 3.63) is 360 Å². The molecule has 2 aromatic heterocycles. The lowest BCUT2D eigenvalue weighted by atomic mass is 9.33. The van der Waals surface area contributed by atoms with E-state index in [-0.39, 0.29) is 28.4 Å². The molecular formula is C112H97BN6. The summed E-state index contributed by atoms with van der Waals surface area (Å²) in [6.45, 7) is 42.9. The summed E-state index contributed by atoms with van der Waals surface area (Å²) in [5, 5.41) is 15.2. The predicted molar refractivity (Wildman–Crippen MR) is 506 cm³/mol.